The highest BCUT2D eigenvalue weighted by molar-refractivity contribution is 7.14. The predicted octanol–water partition coefficient (Wildman–Crippen LogP) is 3.72. The second kappa shape index (κ2) is 7.52. The van der Waals surface area contributed by atoms with Gasteiger partial charge in [0, 0.05) is 24.5 Å². The average molecular weight is 347 g/mol. The maximum Gasteiger partial charge on any atom is 0.268 e. The molecule has 2 heterocycles. The van der Waals surface area contributed by atoms with Crippen LogP contribution in [0.2, 0.25) is 0 Å². The molecule has 23 heavy (non-hydrogen) atoms. The van der Waals surface area contributed by atoms with Gasteiger partial charge in [-0.1, -0.05) is 30.1 Å². The first-order valence-electron chi connectivity index (χ1n) is 7.52. The van der Waals surface area contributed by atoms with Gasteiger partial charge in [-0.15, -0.1) is 11.3 Å². The predicted molar refractivity (Wildman–Crippen MR) is 95.3 cm³/mol. The lowest BCUT2D eigenvalue weighted by atomic mass is 10.2. The third kappa shape index (κ3) is 4.05. The molecule has 0 bridgehead atoms. The first-order valence-corrected chi connectivity index (χ1v) is 9.17. The maximum absolute atomic E-state index is 12.2. The Morgan fingerprint density at radius 3 is 2.87 bits per heavy atom. The quantitative estimate of drug-likeness (QED) is 0.663. The molecule has 0 saturated heterocycles. The second-order valence-corrected chi connectivity index (χ2v) is 7.15. The van der Waals surface area contributed by atoms with Crippen LogP contribution in [0, 0.1) is 0 Å². The Hall–Kier alpha value is -1.99. The summed E-state index contributed by atoms with van der Waals surface area (Å²) in [6.45, 7) is 0.715. The van der Waals surface area contributed by atoms with Gasteiger partial charge in [0.2, 0.25) is 5.91 Å². The smallest absolute Gasteiger partial charge is 0.268 e. The number of carbonyl (C=O) groups is 1. The van der Waals surface area contributed by atoms with Crippen molar-refractivity contribution in [3.8, 4) is 0 Å². The van der Waals surface area contributed by atoms with Gasteiger partial charge in [0.05, 0.1) is 10.1 Å². The Morgan fingerprint density at radius 1 is 1.22 bits per heavy atom. The molecule has 0 atom stereocenters. The first-order chi connectivity index (χ1) is 11.2. The van der Waals surface area contributed by atoms with E-state index in [1.54, 1.807) is 10.2 Å². The van der Waals surface area contributed by atoms with Crippen molar-refractivity contribution in [2.45, 2.75) is 32.2 Å². The summed E-state index contributed by atoms with van der Waals surface area (Å²) in [5.41, 5.74) is 0.0899. The lowest BCUT2D eigenvalue weighted by molar-refractivity contribution is -0.116. The molecule has 0 aliphatic carbocycles. The maximum atomic E-state index is 12.2. The van der Waals surface area contributed by atoms with Gasteiger partial charge in [-0.25, -0.2) is 4.98 Å². The molecule has 1 aromatic carbocycles. The van der Waals surface area contributed by atoms with Crippen LogP contribution >= 0.6 is 22.9 Å². The summed E-state index contributed by atoms with van der Waals surface area (Å²) in [5.74, 6) is -0.000945. The van der Waals surface area contributed by atoms with Crippen LogP contribution in [0.3, 0.4) is 0 Å². The van der Waals surface area contributed by atoms with E-state index < -0.39 is 0 Å². The number of aryl methyl sites for hydroxylation is 1. The molecule has 7 heteroatoms. The zero-order valence-electron chi connectivity index (χ0n) is 12.5. The molecule has 1 N–H and O–H groups in total. The number of carbonyl (C=O) groups excluding carboxylic acids is 1. The number of aromatic nitrogens is 2. The number of hydrogen-bond donors (Lipinski definition) is 1. The van der Waals surface area contributed by atoms with Gasteiger partial charge in [-0.05, 0) is 25.0 Å². The van der Waals surface area contributed by atoms with E-state index in [0.29, 0.717) is 18.1 Å². The minimum absolute atomic E-state index is 0.000945. The van der Waals surface area contributed by atoms with Crippen LogP contribution in [0.25, 0.3) is 10.1 Å². The Morgan fingerprint density at radius 2 is 2.09 bits per heavy atom. The monoisotopic (exact) mass is 347 g/mol. The fraction of sp³-hybridized carbons (Fsp3) is 0.312. The van der Waals surface area contributed by atoms with E-state index in [2.05, 4.69) is 10.3 Å². The molecule has 0 aliphatic heterocycles. The minimum Gasteiger partial charge on any atom is -0.302 e. The Kier molecular flexibility index (Phi) is 5.19. The normalized spacial score (nSPS) is 11.0. The summed E-state index contributed by atoms with van der Waals surface area (Å²) < 4.78 is 2.83. The van der Waals surface area contributed by atoms with Gasteiger partial charge in [0.15, 0.2) is 5.13 Å². The fourth-order valence-corrected chi connectivity index (χ4v) is 3.93. The SMILES string of the molecule is O=C(CCCCCn1sc2ccccc2c1=O)Nc1nccs1. The van der Waals surface area contributed by atoms with E-state index in [0.717, 1.165) is 29.3 Å². The lowest BCUT2D eigenvalue weighted by Crippen LogP contribution is -2.13. The molecular weight excluding hydrogens is 330 g/mol. The van der Waals surface area contributed by atoms with Gasteiger partial charge in [-0.3, -0.25) is 13.5 Å². The van der Waals surface area contributed by atoms with E-state index in [4.69, 9.17) is 0 Å². The van der Waals surface area contributed by atoms with E-state index in [-0.39, 0.29) is 11.5 Å². The number of benzene rings is 1. The van der Waals surface area contributed by atoms with Gasteiger partial charge in [0.25, 0.3) is 5.56 Å². The van der Waals surface area contributed by atoms with E-state index in [1.165, 1.54) is 22.9 Å². The highest BCUT2D eigenvalue weighted by Crippen LogP contribution is 2.17. The molecule has 0 fully saturated rings. The van der Waals surface area contributed by atoms with Crippen LogP contribution in [0.15, 0.2) is 40.6 Å². The van der Waals surface area contributed by atoms with Crippen molar-refractivity contribution >= 4 is 44.0 Å². The third-order valence-corrected chi connectivity index (χ3v) is 5.31. The molecule has 5 nitrogen and oxygen atoms in total. The van der Waals surface area contributed by atoms with Crippen molar-refractivity contribution in [2.75, 3.05) is 5.32 Å². The molecule has 2 aromatic heterocycles. The number of anilines is 1. The van der Waals surface area contributed by atoms with Gasteiger partial charge < -0.3 is 5.32 Å². The zero-order chi connectivity index (χ0) is 16.1. The van der Waals surface area contributed by atoms with Gasteiger partial charge in [0.1, 0.15) is 0 Å². The fourth-order valence-electron chi connectivity index (χ4n) is 2.35. The van der Waals surface area contributed by atoms with Crippen LogP contribution in [0.5, 0.6) is 0 Å². The van der Waals surface area contributed by atoms with Crippen LogP contribution < -0.4 is 10.9 Å². The van der Waals surface area contributed by atoms with Gasteiger partial charge >= 0.3 is 0 Å². The molecule has 0 radical (unpaired) electrons. The van der Waals surface area contributed by atoms with Crippen molar-refractivity contribution in [1.29, 1.82) is 0 Å². The van der Waals surface area contributed by atoms with Crippen molar-refractivity contribution < 1.29 is 4.79 Å². The molecule has 120 valence electrons. The molecular formula is C16H17N3O2S2. The largest absolute Gasteiger partial charge is 0.302 e. The number of fused-ring (bicyclic) bond motifs is 1. The minimum atomic E-state index is -0.000945. The Bertz CT molecular complexity index is 837. The molecule has 0 spiro atoms. The Balaban J connectivity index is 1.42. The number of unbranched alkanes of at least 4 members (excludes halogenated alkanes) is 2. The summed E-state index contributed by atoms with van der Waals surface area (Å²) in [6, 6.07) is 7.68. The number of rotatable bonds is 7. The molecule has 0 aliphatic rings. The molecule has 3 rings (SSSR count). The lowest BCUT2D eigenvalue weighted by Gasteiger charge is -2.02. The summed E-state index contributed by atoms with van der Waals surface area (Å²) in [5, 5.41) is 6.04. The molecule has 0 unspecified atom stereocenters. The first kappa shape index (κ1) is 15.9. The van der Waals surface area contributed by atoms with Crippen LogP contribution in [0.1, 0.15) is 25.7 Å². The van der Waals surface area contributed by atoms with Crippen LogP contribution in [0.4, 0.5) is 5.13 Å². The summed E-state index contributed by atoms with van der Waals surface area (Å²) in [4.78, 5) is 27.9. The standard InChI is InChI=1S/C16H17N3O2S2/c20-14(18-16-17-9-11-22-16)8-2-1-5-10-19-15(21)12-6-3-4-7-13(12)23-19/h3-4,6-7,9,11H,1-2,5,8,10H2,(H,17,18,20). The topological polar surface area (TPSA) is 64.0 Å². The third-order valence-electron chi connectivity index (χ3n) is 3.50. The molecule has 1 amide bonds. The van der Waals surface area contributed by atoms with Crippen molar-refractivity contribution in [3.63, 3.8) is 0 Å². The van der Waals surface area contributed by atoms with E-state index in [9.17, 15) is 9.59 Å². The van der Waals surface area contributed by atoms with E-state index in [1.807, 2.05) is 29.6 Å². The van der Waals surface area contributed by atoms with Crippen LogP contribution in [-0.4, -0.2) is 14.8 Å². The van der Waals surface area contributed by atoms with Crippen molar-refractivity contribution in [1.82, 2.24) is 8.94 Å². The number of amides is 1. The van der Waals surface area contributed by atoms with Crippen LogP contribution in [-0.2, 0) is 11.3 Å². The highest BCUT2D eigenvalue weighted by Gasteiger charge is 2.07. The zero-order valence-corrected chi connectivity index (χ0v) is 14.2. The summed E-state index contributed by atoms with van der Waals surface area (Å²) in [7, 11) is 0. The van der Waals surface area contributed by atoms with Gasteiger partial charge in [-0.2, -0.15) is 0 Å². The number of hydrogen-bond acceptors (Lipinski definition) is 5. The molecule has 3 aromatic rings. The molecule has 0 saturated carbocycles. The summed E-state index contributed by atoms with van der Waals surface area (Å²) in [6.07, 6.45) is 4.80. The number of thiazole rings is 1. The Labute approximate surface area is 141 Å². The van der Waals surface area contributed by atoms with Crippen molar-refractivity contribution in [2.24, 2.45) is 0 Å². The highest BCUT2D eigenvalue weighted by atomic mass is 32.1. The average Bonchev–Trinajstić information content (AvgIpc) is 3.16. The number of nitrogens with zero attached hydrogens (tertiary/aromatic N) is 2. The van der Waals surface area contributed by atoms with E-state index >= 15 is 0 Å². The summed E-state index contributed by atoms with van der Waals surface area (Å²) >= 11 is 2.93. The van der Waals surface area contributed by atoms with Crippen molar-refractivity contribution in [3.05, 3.63) is 46.2 Å². The number of nitrogens with one attached hydrogen (secondary N) is 1. The second-order valence-electron chi connectivity index (χ2n) is 5.19.